The Morgan fingerprint density at radius 1 is 1.14 bits per heavy atom. The minimum Gasteiger partial charge on any atom is -0.398 e. The van der Waals surface area contributed by atoms with E-state index in [2.05, 4.69) is 20.3 Å². The van der Waals surface area contributed by atoms with Gasteiger partial charge in [0.25, 0.3) is 10.0 Å². The Balaban J connectivity index is 2.06. The van der Waals surface area contributed by atoms with Gasteiger partial charge in [0.05, 0.1) is 12.2 Å². The molecule has 108 valence electrons. The molecule has 1 aliphatic rings. The molecule has 21 heavy (non-hydrogen) atoms. The Hall–Kier alpha value is -1.86. The molecule has 2 aromatic rings. The van der Waals surface area contributed by atoms with E-state index in [9.17, 15) is 8.42 Å². The van der Waals surface area contributed by atoms with Gasteiger partial charge >= 0.3 is 0 Å². The Kier molecular flexibility index (Phi) is 3.46. The van der Waals surface area contributed by atoms with Crippen LogP contribution in [-0.2, 0) is 16.6 Å². The van der Waals surface area contributed by atoms with Crippen molar-refractivity contribution in [3.8, 4) is 0 Å². The molecular weight excluding hydrogens is 354 g/mol. The van der Waals surface area contributed by atoms with E-state index in [4.69, 9.17) is 5.73 Å². The first-order chi connectivity index (χ1) is 9.99. The smallest absolute Gasteiger partial charge is 0.285 e. The second-order valence-corrected chi connectivity index (χ2v) is 7.05. The van der Waals surface area contributed by atoms with Crippen LogP contribution in [0.15, 0.2) is 56.2 Å². The lowest BCUT2D eigenvalue weighted by atomic mass is 10.1. The van der Waals surface area contributed by atoms with Gasteiger partial charge in [-0.05, 0) is 24.3 Å². The van der Waals surface area contributed by atoms with E-state index in [-0.39, 0.29) is 4.90 Å². The van der Waals surface area contributed by atoms with E-state index in [0.29, 0.717) is 17.9 Å². The zero-order valence-corrected chi connectivity index (χ0v) is 13.3. The van der Waals surface area contributed by atoms with Crippen LogP contribution in [0.2, 0.25) is 0 Å². The normalized spacial score (nSPS) is 15.8. The quantitative estimate of drug-likeness (QED) is 0.830. The monoisotopic (exact) mass is 365 g/mol. The molecule has 0 aliphatic carbocycles. The van der Waals surface area contributed by atoms with Crippen molar-refractivity contribution in [2.75, 3.05) is 10.6 Å². The van der Waals surface area contributed by atoms with Crippen molar-refractivity contribution in [2.45, 2.75) is 11.4 Å². The molecule has 0 spiro atoms. The minimum atomic E-state index is -3.60. The lowest BCUT2D eigenvalue weighted by Crippen LogP contribution is -2.27. The predicted molar refractivity (Wildman–Crippen MR) is 86.9 cm³/mol. The lowest BCUT2D eigenvalue weighted by molar-refractivity contribution is 0.597. The maximum atomic E-state index is 11.9. The predicted octanol–water partition coefficient (Wildman–Crippen LogP) is 2.77. The highest BCUT2D eigenvalue weighted by atomic mass is 79.9. The fourth-order valence-corrected chi connectivity index (χ4v) is 3.75. The molecule has 2 N–H and O–H groups in total. The van der Waals surface area contributed by atoms with Crippen LogP contribution in [-0.4, -0.2) is 14.8 Å². The van der Waals surface area contributed by atoms with Crippen molar-refractivity contribution in [3.05, 3.63) is 52.5 Å². The van der Waals surface area contributed by atoms with Gasteiger partial charge in [-0.1, -0.05) is 34.1 Å². The summed E-state index contributed by atoms with van der Waals surface area (Å²) in [6.45, 7) is 0.434. The highest BCUT2D eigenvalue weighted by Gasteiger charge is 2.25. The van der Waals surface area contributed by atoms with Crippen molar-refractivity contribution in [1.29, 1.82) is 0 Å². The van der Waals surface area contributed by atoms with E-state index in [1.54, 1.807) is 29.2 Å². The van der Waals surface area contributed by atoms with Crippen LogP contribution < -0.4 is 10.6 Å². The Labute approximate surface area is 131 Å². The molecule has 7 heteroatoms. The standard InChI is InChI=1S/C14H12BrN3O2S/c15-11-4-3-5-12(16)10(11)8-18-9-17-21(19,20)14-7-2-1-6-13(14)18/h1-7,9H,8,16H2. The van der Waals surface area contributed by atoms with Crippen LogP contribution in [0, 0.1) is 0 Å². The van der Waals surface area contributed by atoms with Crippen LogP contribution in [0.1, 0.15) is 5.56 Å². The van der Waals surface area contributed by atoms with Crippen LogP contribution in [0.5, 0.6) is 0 Å². The van der Waals surface area contributed by atoms with E-state index in [1.165, 1.54) is 6.34 Å². The maximum absolute atomic E-state index is 11.9. The summed E-state index contributed by atoms with van der Waals surface area (Å²) in [5.41, 5.74) is 8.12. The molecule has 3 rings (SSSR count). The van der Waals surface area contributed by atoms with E-state index < -0.39 is 10.0 Å². The molecule has 0 bridgehead atoms. The van der Waals surface area contributed by atoms with Crippen LogP contribution >= 0.6 is 15.9 Å². The summed E-state index contributed by atoms with van der Waals surface area (Å²) < 4.78 is 28.4. The fraction of sp³-hybridized carbons (Fsp3) is 0.0714. The number of halogens is 1. The summed E-state index contributed by atoms with van der Waals surface area (Å²) in [6.07, 6.45) is 1.33. The SMILES string of the molecule is Nc1cccc(Br)c1CN1C=NS(=O)(=O)c2ccccc21. The molecule has 0 aromatic heterocycles. The summed E-state index contributed by atoms with van der Waals surface area (Å²) in [5.74, 6) is 0. The largest absolute Gasteiger partial charge is 0.398 e. The van der Waals surface area contributed by atoms with Crippen LogP contribution in [0.3, 0.4) is 0 Å². The topological polar surface area (TPSA) is 75.8 Å². The number of hydrogen-bond acceptors (Lipinski definition) is 4. The number of anilines is 2. The zero-order chi connectivity index (χ0) is 15.0. The Morgan fingerprint density at radius 2 is 1.90 bits per heavy atom. The molecule has 1 heterocycles. The highest BCUT2D eigenvalue weighted by molar-refractivity contribution is 9.10. The molecule has 0 saturated carbocycles. The minimum absolute atomic E-state index is 0.207. The van der Waals surface area contributed by atoms with Crippen molar-refractivity contribution >= 4 is 43.7 Å². The summed E-state index contributed by atoms with van der Waals surface area (Å²) in [4.78, 5) is 1.98. The van der Waals surface area contributed by atoms with Gasteiger partial charge in [-0.2, -0.15) is 8.42 Å². The van der Waals surface area contributed by atoms with E-state index in [0.717, 1.165) is 10.0 Å². The van der Waals surface area contributed by atoms with Gasteiger partial charge in [-0.25, -0.2) is 0 Å². The number of benzene rings is 2. The lowest BCUT2D eigenvalue weighted by Gasteiger charge is -2.26. The van der Waals surface area contributed by atoms with Gasteiger partial charge in [0.15, 0.2) is 0 Å². The molecule has 5 nitrogen and oxygen atoms in total. The van der Waals surface area contributed by atoms with Crippen LogP contribution in [0.25, 0.3) is 0 Å². The zero-order valence-electron chi connectivity index (χ0n) is 10.9. The highest BCUT2D eigenvalue weighted by Crippen LogP contribution is 2.32. The number of para-hydroxylation sites is 1. The number of rotatable bonds is 2. The Morgan fingerprint density at radius 3 is 2.67 bits per heavy atom. The molecule has 0 amide bonds. The van der Waals surface area contributed by atoms with E-state index >= 15 is 0 Å². The van der Waals surface area contributed by atoms with Gasteiger partial charge in [0, 0.05) is 15.7 Å². The van der Waals surface area contributed by atoms with Gasteiger partial charge in [0.2, 0.25) is 0 Å². The first-order valence-electron chi connectivity index (χ1n) is 6.18. The summed E-state index contributed by atoms with van der Waals surface area (Å²) in [5, 5.41) is 0. The Bertz CT molecular complexity index is 814. The molecule has 0 fully saturated rings. The third kappa shape index (κ3) is 2.54. The number of sulfonamides is 1. The summed E-state index contributed by atoms with van der Waals surface area (Å²) in [6, 6.07) is 12.3. The van der Waals surface area contributed by atoms with Gasteiger partial charge < -0.3 is 10.6 Å². The summed E-state index contributed by atoms with van der Waals surface area (Å²) in [7, 11) is -3.60. The van der Waals surface area contributed by atoms with Crippen molar-refractivity contribution in [1.82, 2.24) is 0 Å². The third-order valence-corrected chi connectivity index (χ3v) is 5.28. The molecule has 2 aromatic carbocycles. The number of nitrogens with zero attached hydrogens (tertiary/aromatic N) is 2. The molecule has 0 atom stereocenters. The first kappa shape index (κ1) is 14.1. The average molecular weight is 366 g/mol. The van der Waals surface area contributed by atoms with Gasteiger partial charge in [-0.15, -0.1) is 4.40 Å². The second-order valence-electron chi connectivity index (χ2n) is 4.60. The van der Waals surface area contributed by atoms with E-state index in [1.807, 2.05) is 18.2 Å². The maximum Gasteiger partial charge on any atom is 0.285 e. The van der Waals surface area contributed by atoms with Crippen LogP contribution in [0.4, 0.5) is 11.4 Å². The summed E-state index contributed by atoms with van der Waals surface area (Å²) >= 11 is 3.47. The molecule has 0 radical (unpaired) electrons. The third-order valence-electron chi connectivity index (χ3n) is 3.26. The first-order valence-corrected chi connectivity index (χ1v) is 8.41. The fourth-order valence-electron chi connectivity index (χ4n) is 2.19. The molecular formula is C14H12BrN3O2S. The number of nitrogens with two attached hydrogens (primary N) is 1. The number of nitrogen functional groups attached to an aromatic ring is 1. The van der Waals surface area contributed by atoms with Crippen molar-refractivity contribution in [2.24, 2.45) is 4.40 Å². The van der Waals surface area contributed by atoms with Gasteiger partial charge in [-0.3, -0.25) is 0 Å². The van der Waals surface area contributed by atoms with Crippen molar-refractivity contribution in [3.63, 3.8) is 0 Å². The van der Waals surface area contributed by atoms with Gasteiger partial charge in [0.1, 0.15) is 11.2 Å². The molecule has 0 unspecified atom stereocenters. The number of fused-ring (bicyclic) bond motifs is 1. The molecule has 0 saturated heterocycles. The number of hydrogen-bond donors (Lipinski definition) is 1. The average Bonchev–Trinajstić information content (AvgIpc) is 2.45. The van der Waals surface area contributed by atoms with Crippen molar-refractivity contribution < 1.29 is 8.42 Å². The molecule has 1 aliphatic heterocycles. The second kappa shape index (κ2) is 5.16.